The van der Waals surface area contributed by atoms with Crippen LogP contribution in [0.3, 0.4) is 0 Å². The van der Waals surface area contributed by atoms with E-state index in [0.29, 0.717) is 12.1 Å². The zero-order chi connectivity index (χ0) is 16.7. The Balaban J connectivity index is 0.00000182. The molecule has 0 amide bonds. The van der Waals surface area contributed by atoms with Crippen LogP contribution in [0.25, 0.3) is 11.0 Å². The van der Waals surface area contributed by atoms with Gasteiger partial charge in [-0.2, -0.15) is 0 Å². The topological polar surface area (TPSA) is 53.4 Å². The molecule has 0 bridgehead atoms. The molecule has 0 unspecified atom stereocenters. The van der Waals surface area contributed by atoms with Gasteiger partial charge in [0.05, 0.1) is 5.69 Å². The van der Waals surface area contributed by atoms with E-state index in [1.807, 2.05) is 6.07 Å². The lowest BCUT2D eigenvalue weighted by Gasteiger charge is -2.46. The van der Waals surface area contributed by atoms with Crippen LogP contribution in [0.1, 0.15) is 13.3 Å². The van der Waals surface area contributed by atoms with Crippen LogP contribution in [0.4, 0.5) is 5.69 Å². The van der Waals surface area contributed by atoms with Gasteiger partial charge in [0.15, 0.2) is 0 Å². The van der Waals surface area contributed by atoms with E-state index in [-0.39, 0.29) is 18.0 Å². The zero-order valence-electron chi connectivity index (χ0n) is 14.8. The molecule has 2 aromatic rings. The highest BCUT2D eigenvalue weighted by molar-refractivity contribution is 5.89. The molecule has 0 radical (unpaired) electrons. The van der Waals surface area contributed by atoms with Gasteiger partial charge in [-0.25, -0.2) is 4.98 Å². The predicted molar refractivity (Wildman–Crippen MR) is 104 cm³/mol. The van der Waals surface area contributed by atoms with Gasteiger partial charge in [0.25, 0.3) is 5.56 Å². The summed E-state index contributed by atoms with van der Waals surface area (Å²) in [7, 11) is 1.79. The molecule has 2 atom stereocenters. The SMILES string of the molecule is C[C@@H]1CN(c2cc(=O)n(C)c3ncccc23)C[C@@H]2CCNCCN21.Cl. The predicted octanol–water partition coefficient (Wildman–Crippen LogP) is 1.23. The van der Waals surface area contributed by atoms with Gasteiger partial charge in [0.1, 0.15) is 5.65 Å². The fourth-order valence-electron chi connectivity index (χ4n) is 4.20. The van der Waals surface area contributed by atoms with Crippen molar-refractivity contribution in [3.63, 3.8) is 0 Å². The summed E-state index contributed by atoms with van der Waals surface area (Å²) in [5.41, 5.74) is 1.80. The highest BCUT2D eigenvalue weighted by Crippen LogP contribution is 2.28. The molecule has 136 valence electrons. The normalized spacial score (nSPS) is 24.5. The molecule has 2 aliphatic rings. The average molecular weight is 364 g/mol. The first-order chi connectivity index (χ1) is 11.6. The number of aryl methyl sites for hydroxylation is 1. The minimum atomic E-state index is 0. The second-order valence-corrected chi connectivity index (χ2v) is 6.99. The van der Waals surface area contributed by atoms with E-state index >= 15 is 0 Å². The number of rotatable bonds is 1. The molecule has 0 spiro atoms. The lowest BCUT2D eigenvalue weighted by atomic mass is 10.0. The van der Waals surface area contributed by atoms with Crippen LogP contribution in [0.15, 0.2) is 29.2 Å². The average Bonchev–Trinajstić information content (AvgIpc) is 2.84. The first kappa shape index (κ1) is 18.2. The Morgan fingerprint density at radius 3 is 2.96 bits per heavy atom. The largest absolute Gasteiger partial charge is 0.368 e. The molecule has 6 nitrogen and oxygen atoms in total. The summed E-state index contributed by atoms with van der Waals surface area (Å²) in [6.07, 6.45) is 2.91. The van der Waals surface area contributed by atoms with Gasteiger partial charge >= 0.3 is 0 Å². The number of pyridine rings is 2. The fraction of sp³-hybridized carbons (Fsp3) is 0.556. The third kappa shape index (κ3) is 3.26. The van der Waals surface area contributed by atoms with Gasteiger partial charge in [-0.3, -0.25) is 14.3 Å². The minimum Gasteiger partial charge on any atom is -0.368 e. The number of halogens is 1. The van der Waals surface area contributed by atoms with Crippen LogP contribution in [0, 0.1) is 0 Å². The number of aromatic nitrogens is 2. The number of fused-ring (bicyclic) bond motifs is 2. The first-order valence-electron chi connectivity index (χ1n) is 8.81. The molecule has 0 saturated carbocycles. The van der Waals surface area contributed by atoms with Crippen molar-refractivity contribution in [2.24, 2.45) is 7.05 Å². The van der Waals surface area contributed by atoms with Crippen LogP contribution in [0.2, 0.25) is 0 Å². The van der Waals surface area contributed by atoms with Crippen molar-refractivity contribution in [1.29, 1.82) is 0 Å². The molecule has 4 heterocycles. The summed E-state index contributed by atoms with van der Waals surface area (Å²) in [5, 5.41) is 4.56. The van der Waals surface area contributed by atoms with E-state index in [4.69, 9.17) is 0 Å². The van der Waals surface area contributed by atoms with Crippen molar-refractivity contribution in [3.8, 4) is 0 Å². The van der Waals surface area contributed by atoms with E-state index in [9.17, 15) is 4.79 Å². The number of hydrogen-bond donors (Lipinski definition) is 1. The number of hydrogen-bond acceptors (Lipinski definition) is 5. The summed E-state index contributed by atoms with van der Waals surface area (Å²) in [5.74, 6) is 0. The Bertz CT molecular complexity index is 808. The van der Waals surface area contributed by atoms with Crippen molar-refractivity contribution in [1.82, 2.24) is 19.8 Å². The van der Waals surface area contributed by atoms with Gasteiger partial charge in [-0.05, 0) is 32.0 Å². The maximum atomic E-state index is 12.4. The van der Waals surface area contributed by atoms with Crippen LogP contribution in [0.5, 0.6) is 0 Å². The highest BCUT2D eigenvalue weighted by Gasteiger charge is 2.33. The highest BCUT2D eigenvalue weighted by atomic mass is 35.5. The fourth-order valence-corrected chi connectivity index (χ4v) is 4.20. The first-order valence-corrected chi connectivity index (χ1v) is 8.81. The molecular formula is C18H26ClN5O. The summed E-state index contributed by atoms with van der Waals surface area (Å²) >= 11 is 0. The minimum absolute atomic E-state index is 0. The van der Waals surface area contributed by atoms with Crippen molar-refractivity contribution < 1.29 is 0 Å². The Kier molecular flexibility index (Phi) is 5.32. The smallest absolute Gasteiger partial charge is 0.253 e. The molecule has 4 rings (SSSR count). The zero-order valence-corrected chi connectivity index (χ0v) is 15.6. The molecule has 0 aliphatic carbocycles. The van der Waals surface area contributed by atoms with Gasteiger partial charge in [-0.1, -0.05) is 0 Å². The number of nitrogens with one attached hydrogen (secondary N) is 1. The molecule has 2 aromatic heterocycles. The Morgan fingerprint density at radius 1 is 1.28 bits per heavy atom. The molecule has 25 heavy (non-hydrogen) atoms. The van der Waals surface area contributed by atoms with E-state index in [2.05, 4.69) is 33.1 Å². The molecule has 7 heteroatoms. The lowest BCUT2D eigenvalue weighted by Crippen LogP contribution is -2.58. The van der Waals surface area contributed by atoms with Crippen LogP contribution >= 0.6 is 12.4 Å². The third-order valence-electron chi connectivity index (χ3n) is 5.46. The summed E-state index contributed by atoms with van der Waals surface area (Å²) in [6, 6.07) is 6.83. The Labute approximate surface area is 154 Å². The van der Waals surface area contributed by atoms with Gasteiger partial charge < -0.3 is 10.2 Å². The summed E-state index contributed by atoms with van der Waals surface area (Å²) in [4.78, 5) is 21.8. The van der Waals surface area contributed by atoms with E-state index < -0.39 is 0 Å². The lowest BCUT2D eigenvalue weighted by molar-refractivity contribution is 0.129. The maximum absolute atomic E-state index is 12.4. The number of nitrogens with zero attached hydrogens (tertiary/aromatic N) is 4. The number of piperazine rings is 1. The van der Waals surface area contributed by atoms with Gasteiger partial charge in [0, 0.05) is 63.0 Å². The van der Waals surface area contributed by atoms with Crippen molar-refractivity contribution in [2.45, 2.75) is 25.4 Å². The number of anilines is 1. The monoisotopic (exact) mass is 363 g/mol. The maximum Gasteiger partial charge on any atom is 0.253 e. The van der Waals surface area contributed by atoms with Crippen LogP contribution in [-0.4, -0.2) is 59.3 Å². The standard InChI is InChI=1S/C18H25N5O.ClH/c1-13-11-22(12-14-5-7-19-8-9-23(13)14)16-10-17(24)21(2)18-15(16)4-3-6-20-18;/h3-4,6,10,13-14,19H,5,7-9,11-12H2,1-2H3;1H/t13-,14+;/m1./s1. The van der Waals surface area contributed by atoms with Crippen LogP contribution < -0.4 is 15.8 Å². The molecule has 1 N–H and O–H groups in total. The summed E-state index contributed by atoms with van der Waals surface area (Å²) in [6.45, 7) is 7.47. The second kappa shape index (κ2) is 7.32. The molecular weight excluding hydrogens is 338 g/mol. The molecule has 2 aliphatic heterocycles. The Hall–Kier alpha value is -1.63. The third-order valence-corrected chi connectivity index (χ3v) is 5.46. The van der Waals surface area contributed by atoms with E-state index in [0.717, 1.165) is 55.9 Å². The molecule has 2 fully saturated rings. The summed E-state index contributed by atoms with van der Waals surface area (Å²) < 4.78 is 1.63. The van der Waals surface area contributed by atoms with Crippen molar-refractivity contribution in [2.75, 3.05) is 37.6 Å². The van der Waals surface area contributed by atoms with Crippen LogP contribution in [-0.2, 0) is 7.05 Å². The Morgan fingerprint density at radius 2 is 2.12 bits per heavy atom. The van der Waals surface area contributed by atoms with E-state index in [1.54, 1.807) is 23.9 Å². The quantitative estimate of drug-likeness (QED) is 0.825. The van der Waals surface area contributed by atoms with E-state index in [1.165, 1.54) is 0 Å². The van der Waals surface area contributed by atoms with Gasteiger partial charge in [0.2, 0.25) is 0 Å². The van der Waals surface area contributed by atoms with Crippen molar-refractivity contribution >= 4 is 29.1 Å². The molecule has 2 saturated heterocycles. The second-order valence-electron chi connectivity index (χ2n) is 6.99. The molecule has 0 aromatic carbocycles. The van der Waals surface area contributed by atoms with Gasteiger partial charge in [-0.15, -0.1) is 12.4 Å². The van der Waals surface area contributed by atoms with Crippen molar-refractivity contribution in [3.05, 3.63) is 34.7 Å².